The molecule has 1 N–H and O–H groups in total. The van der Waals surface area contributed by atoms with Crippen molar-refractivity contribution in [2.24, 2.45) is 0 Å². The van der Waals surface area contributed by atoms with Crippen LogP contribution in [-0.4, -0.2) is 15.9 Å². The number of nitrogens with zero attached hydrogens (tertiary/aromatic N) is 2. The summed E-state index contributed by atoms with van der Waals surface area (Å²) in [6.07, 6.45) is 1.71. The first-order valence-corrected chi connectivity index (χ1v) is 7.84. The summed E-state index contributed by atoms with van der Waals surface area (Å²) < 4.78 is 13.3. The molecule has 0 saturated heterocycles. The van der Waals surface area contributed by atoms with Crippen LogP contribution < -0.4 is 5.32 Å². The minimum Gasteiger partial charge on any atom is -0.321 e. The van der Waals surface area contributed by atoms with Gasteiger partial charge in [0.15, 0.2) is 0 Å². The van der Waals surface area contributed by atoms with E-state index in [0.717, 1.165) is 16.3 Å². The zero-order valence-electron chi connectivity index (χ0n) is 13.5. The molecule has 0 atom stereocenters. The maximum atomic E-state index is 13.3. The van der Waals surface area contributed by atoms with Crippen molar-refractivity contribution < 1.29 is 9.18 Å². The van der Waals surface area contributed by atoms with Gasteiger partial charge in [-0.25, -0.2) is 4.39 Å². The number of benzene rings is 2. The second-order valence-corrected chi connectivity index (χ2v) is 5.79. The summed E-state index contributed by atoms with van der Waals surface area (Å²) in [7, 11) is 0. The topological polar surface area (TPSA) is 54.9 Å². The van der Waals surface area contributed by atoms with Gasteiger partial charge in [-0.2, -0.15) is 0 Å². The lowest BCUT2D eigenvalue weighted by Gasteiger charge is -2.10. The highest BCUT2D eigenvalue weighted by molar-refractivity contribution is 6.10. The van der Waals surface area contributed by atoms with Gasteiger partial charge in [-0.15, -0.1) is 0 Å². The quantitative estimate of drug-likeness (QED) is 0.589. The van der Waals surface area contributed by atoms with Crippen molar-refractivity contribution in [2.75, 3.05) is 5.32 Å². The molecule has 4 rings (SSSR count). The first-order chi connectivity index (χ1) is 12.1. The minimum atomic E-state index is -0.347. The lowest BCUT2D eigenvalue weighted by molar-refractivity contribution is 0.102. The van der Waals surface area contributed by atoms with E-state index >= 15 is 0 Å². The van der Waals surface area contributed by atoms with Gasteiger partial charge in [0, 0.05) is 23.0 Å². The van der Waals surface area contributed by atoms with Gasteiger partial charge >= 0.3 is 0 Å². The van der Waals surface area contributed by atoms with Crippen LogP contribution in [0.3, 0.4) is 0 Å². The maximum Gasteiger partial charge on any atom is 0.257 e. The maximum absolute atomic E-state index is 13.3. The number of pyridine rings is 2. The molecule has 5 heteroatoms. The largest absolute Gasteiger partial charge is 0.321 e. The molecular formula is C20H14FN3O. The first kappa shape index (κ1) is 15.2. The van der Waals surface area contributed by atoms with Crippen molar-refractivity contribution in [1.29, 1.82) is 0 Å². The average Bonchev–Trinajstić information content (AvgIpc) is 2.61. The number of carbonyl (C=O) groups excluding carboxylic acids is 1. The standard InChI is InChI=1S/C20H14FN3O/c1-12-16(10-13-7-8-14(21)11-19(13)23-12)20(25)24-18-6-2-5-17-15(18)4-3-9-22-17/h2-11H,1H3,(H,24,25). The fraction of sp³-hybridized carbons (Fsp3) is 0.0500. The molecule has 0 spiro atoms. The Kier molecular flexibility index (Phi) is 3.61. The number of anilines is 1. The van der Waals surface area contributed by atoms with E-state index in [-0.39, 0.29) is 11.7 Å². The number of carbonyl (C=O) groups is 1. The van der Waals surface area contributed by atoms with E-state index in [1.165, 1.54) is 12.1 Å². The average molecular weight is 331 g/mol. The van der Waals surface area contributed by atoms with Crippen molar-refractivity contribution in [2.45, 2.75) is 6.92 Å². The van der Waals surface area contributed by atoms with Gasteiger partial charge in [0.1, 0.15) is 5.82 Å². The van der Waals surface area contributed by atoms with Crippen LogP contribution in [-0.2, 0) is 0 Å². The van der Waals surface area contributed by atoms with Gasteiger partial charge in [-0.05, 0) is 49.4 Å². The van der Waals surface area contributed by atoms with E-state index in [1.807, 2.05) is 30.3 Å². The zero-order valence-corrected chi connectivity index (χ0v) is 13.5. The number of aryl methyl sites for hydroxylation is 1. The Labute approximate surface area is 143 Å². The Balaban J connectivity index is 1.74. The van der Waals surface area contributed by atoms with Crippen LogP contribution in [0.2, 0.25) is 0 Å². The Morgan fingerprint density at radius 2 is 1.92 bits per heavy atom. The third-order valence-corrected chi connectivity index (χ3v) is 4.11. The molecule has 0 saturated carbocycles. The van der Waals surface area contributed by atoms with Gasteiger partial charge in [0.25, 0.3) is 5.91 Å². The molecule has 122 valence electrons. The van der Waals surface area contributed by atoms with E-state index < -0.39 is 0 Å². The monoisotopic (exact) mass is 331 g/mol. The van der Waals surface area contributed by atoms with Crippen molar-refractivity contribution >= 4 is 33.4 Å². The molecule has 4 nitrogen and oxygen atoms in total. The molecule has 0 radical (unpaired) electrons. The summed E-state index contributed by atoms with van der Waals surface area (Å²) in [5.41, 5.74) is 3.04. The van der Waals surface area contributed by atoms with E-state index in [4.69, 9.17) is 0 Å². The number of hydrogen-bond acceptors (Lipinski definition) is 3. The summed E-state index contributed by atoms with van der Waals surface area (Å²) in [5, 5.41) is 4.51. The fourth-order valence-corrected chi connectivity index (χ4v) is 2.87. The van der Waals surface area contributed by atoms with Crippen LogP contribution in [0.1, 0.15) is 16.1 Å². The number of amides is 1. The molecule has 0 aliphatic carbocycles. The third kappa shape index (κ3) is 2.80. The van der Waals surface area contributed by atoms with Gasteiger partial charge in [0.05, 0.1) is 28.0 Å². The van der Waals surface area contributed by atoms with Gasteiger partial charge in [0.2, 0.25) is 0 Å². The van der Waals surface area contributed by atoms with E-state index in [0.29, 0.717) is 22.5 Å². The molecule has 0 aliphatic rings. The highest BCUT2D eigenvalue weighted by atomic mass is 19.1. The predicted molar refractivity (Wildman–Crippen MR) is 96.1 cm³/mol. The number of hydrogen-bond donors (Lipinski definition) is 1. The second kappa shape index (κ2) is 5.94. The highest BCUT2D eigenvalue weighted by Crippen LogP contribution is 2.23. The Morgan fingerprint density at radius 1 is 1.04 bits per heavy atom. The summed E-state index contributed by atoms with van der Waals surface area (Å²) in [6.45, 7) is 1.74. The summed E-state index contributed by atoms with van der Waals surface area (Å²) in [4.78, 5) is 21.4. The number of rotatable bonds is 2. The van der Waals surface area contributed by atoms with E-state index in [2.05, 4.69) is 15.3 Å². The number of fused-ring (bicyclic) bond motifs is 2. The molecule has 0 bridgehead atoms. The molecule has 0 aliphatic heterocycles. The van der Waals surface area contributed by atoms with Crippen molar-refractivity contribution in [3.63, 3.8) is 0 Å². The van der Waals surface area contributed by atoms with Crippen LogP contribution in [0.15, 0.2) is 60.8 Å². The lowest BCUT2D eigenvalue weighted by Crippen LogP contribution is -2.14. The summed E-state index contributed by atoms with van der Waals surface area (Å²) >= 11 is 0. The predicted octanol–water partition coefficient (Wildman–Crippen LogP) is 4.48. The van der Waals surface area contributed by atoms with E-state index in [9.17, 15) is 9.18 Å². The molecule has 4 aromatic rings. The van der Waals surface area contributed by atoms with E-state index in [1.54, 1.807) is 25.3 Å². The normalized spacial score (nSPS) is 11.0. The van der Waals surface area contributed by atoms with Gasteiger partial charge in [-0.3, -0.25) is 14.8 Å². The molecule has 25 heavy (non-hydrogen) atoms. The Morgan fingerprint density at radius 3 is 2.80 bits per heavy atom. The van der Waals surface area contributed by atoms with Crippen molar-refractivity contribution in [1.82, 2.24) is 9.97 Å². The molecule has 2 aromatic heterocycles. The molecule has 0 unspecified atom stereocenters. The molecular weight excluding hydrogens is 317 g/mol. The van der Waals surface area contributed by atoms with Crippen LogP contribution in [0.25, 0.3) is 21.8 Å². The Bertz CT molecular complexity index is 1120. The highest BCUT2D eigenvalue weighted by Gasteiger charge is 2.13. The molecule has 0 fully saturated rings. The number of nitrogens with one attached hydrogen (secondary N) is 1. The SMILES string of the molecule is Cc1nc2cc(F)ccc2cc1C(=O)Nc1cccc2ncccc12. The van der Waals surface area contributed by atoms with Crippen LogP contribution in [0.4, 0.5) is 10.1 Å². The molecule has 1 amide bonds. The lowest BCUT2D eigenvalue weighted by atomic mass is 10.1. The fourth-order valence-electron chi connectivity index (χ4n) is 2.87. The van der Waals surface area contributed by atoms with Crippen LogP contribution in [0, 0.1) is 12.7 Å². The van der Waals surface area contributed by atoms with Crippen LogP contribution in [0.5, 0.6) is 0 Å². The van der Waals surface area contributed by atoms with Crippen LogP contribution >= 0.6 is 0 Å². The third-order valence-electron chi connectivity index (χ3n) is 4.11. The second-order valence-electron chi connectivity index (χ2n) is 5.79. The van der Waals surface area contributed by atoms with Crippen molar-refractivity contribution in [3.8, 4) is 0 Å². The minimum absolute atomic E-state index is 0.257. The Hall–Kier alpha value is -3.34. The smallest absolute Gasteiger partial charge is 0.257 e. The number of halogens is 1. The van der Waals surface area contributed by atoms with Crippen molar-refractivity contribution in [3.05, 3.63) is 77.9 Å². The number of aromatic nitrogens is 2. The van der Waals surface area contributed by atoms with Gasteiger partial charge in [-0.1, -0.05) is 6.07 Å². The zero-order chi connectivity index (χ0) is 17.4. The van der Waals surface area contributed by atoms with Gasteiger partial charge < -0.3 is 5.32 Å². The molecule has 2 heterocycles. The first-order valence-electron chi connectivity index (χ1n) is 7.84. The summed E-state index contributed by atoms with van der Waals surface area (Å²) in [6, 6.07) is 15.4. The molecule has 2 aromatic carbocycles. The summed E-state index contributed by atoms with van der Waals surface area (Å²) in [5.74, 6) is -0.604.